The van der Waals surface area contributed by atoms with Crippen molar-refractivity contribution in [1.29, 1.82) is 0 Å². The van der Waals surface area contributed by atoms with Gasteiger partial charge in [0.2, 0.25) is 11.8 Å². The lowest BCUT2D eigenvalue weighted by atomic mass is 9.60. The molecule has 0 unspecified atom stereocenters. The third-order valence-corrected chi connectivity index (χ3v) is 8.38. The van der Waals surface area contributed by atoms with Crippen molar-refractivity contribution in [3.8, 4) is 5.75 Å². The first-order valence-corrected chi connectivity index (χ1v) is 12.2. The molecule has 170 valence electrons. The van der Waals surface area contributed by atoms with Crippen molar-refractivity contribution >= 4 is 17.7 Å². The SMILES string of the molecule is O=C1N[C@]2(C[C@H]3CC[C@H]2C[C@H]3C(=O)NC2CCN(C(=O)C3CC3)CC2)Oc2ccccc21. The minimum Gasteiger partial charge on any atom is -0.467 e. The number of hydrogen-bond donors (Lipinski definition) is 2. The highest BCUT2D eigenvalue weighted by Crippen LogP contribution is 2.52. The number of para-hydroxylation sites is 1. The summed E-state index contributed by atoms with van der Waals surface area (Å²) in [6.07, 6.45) is 7.16. The lowest BCUT2D eigenvalue weighted by molar-refractivity contribution is -0.147. The molecule has 4 aliphatic carbocycles. The highest BCUT2D eigenvalue weighted by Gasteiger charge is 2.57. The molecule has 1 spiro atoms. The van der Waals surface area contributed by atoms with Crippen LogP contribution >= 0.6 is 0 Å². The van der Waals surface area contributed by atoms with Crippen LogP contribution in [-0.4, -0.2) is 47.5 Å². The van der Waals surface area contributed by atoms with Crippen LogP contribution in [-0.2, 0) is 9.59 Å². The fourth-order valence-electron chi connectivity index (χ4n) is 6.42. The maximum atomic E-state index is 13.2. The molecule has 2 N–H and O–H groups in total. The maximum absolute atomic E-state index is 13.2. The van der Waals surface area contributed by atoms with Crippen LogP contribution in [0, 0.1) is 23.7 Å². The van der Waals surface area contributed by atoms with Crippen molar-refractivity contribution in [3.05, 3.63) is 29.8 Å². The molecular formula is C25H31N3O4. The molecule has 7 nitrogen and oxygen atoms in total. The highest BCUT2D eigenvalue weighted by atomic mass is 16.5. The Bertz CT molecular complexity index is 952. The molecule has 1 aromatic carbocycles. The minimum atomic E-state index is -0.681. The van der Waals surface area contributed by atoms with Crippen molar-refractivity contribution in [3.63, 3.8) is 0 Å². The van der Waals surface area contributed by atoms with E-state index in [9.17, 15) is 14.4 Å². The summed E-state index contributed by atoms with van der Waals surface area (Å²) in [6.45, 7) is 1.50. The monoisotopic (exact) mass is 437 g/mol. The molecule has 4 saturated carbocycles. The van der Waals surface area contributed by atoms with Crippen LogP contribution in [0.2, 0.25) is 0 Å². The lowest BCUT2D eigenvalue weighted by Crippen LogP contribution is -2.67. The van der Waals surface area contributed by atoms with Gasteiger partial charge in [0, 0.05) is 43.3 Å². The van der Waals surface area contributed by atoms with Gasteiger partial charge in [0.25, 0.3) is 5.91 Å². The van der Waals surface area contributed by atoms with Gasteiger partial charge >= 0.3 is 0 Å². The molecule has 1 aromatic rings. The lowest BCUT2D eigenvalue weighted by Gasteiger charge is -2.55. The smallest absolute Gasteiger partial charge is 0.258 e. The Morgan fingerprint density at radius 1 is 1.06 bits per heavy atom. The van der Waals surface area contributed by atoms with E-state index in [4.69, 9.17) is 4.74 Å². The average molecular weight is 438 g/mol. The number of amides is 3. The molecule has 7 heteroatoms. The molecule has 32 heavy (non-hydrogen) atoms. The summed E-state index contributed by atoms with van der Waals surface area (Å²) < 4.78 is 6.40. The molecule has 2 bridgehead atoms. The number of ether oxygens (including phenoxy) is 1. The second-order valence-electron chi connectivity index (χ2n) is 10.4. The fraction of sp³-hybridized carbons (Fsp3) is 0.640. The molecule has 0 aromatic heterocycles. The number of carbonyl (C=O) groups excluding carboxylic acids is 3. The van der Waals surface area contributed by atoms with Crippen LogP contribution in [0.4, 0.5) is 0 Å². The second-order valence-corrected chi connectivity index (χ2v) is 10.4. The molecule has 6 aliphatic rings. The predicted octanol–water partition coefficient (Wildman–Crippen LogP) is 2.46. The Morgan fingerprint density at radius 2 is 1.84 bits per heavy atom. The first-order chi connectivity index (χ1) is 15.5. The van der Waals surface area contributed by atoms with Crippen LogP contribution in [0.15, 0.2) is 24.3 Å². The van der Waals surface area contributed by atoms with E-state index < -0.39 is 5.72 Å². The van der Waals surface area contributed by atoms with Crippen LogP contribution in [0.3, 0.4) is 0 Å². The van der Waals surface area contributed by atoms with E-state index in [1.807, 2.05) is 23.1 Å². The van der Waals surface area contributed by atoms with Gasteiger partial charge < -0.3 is 20.3 Å². The molecule has 7 rings (SSSR count). The predicted molar refractivity (Wildman–Crippen MR) is 117 cm³/mol. The van der Waals surface area contributed by atoms with E-state index in [2.05, 4.69) is 10.6 Å². The van der Waals surface area contributed by atoms with Gasteiger partial charge in [0.15, 0.2) is 5.72 Å². The Morgan fingerprint density at radius 3 is 2.56 bits per heavy atom. The standard InChI is InChI=1S/C25H31N3O4/c29-22(26-18-9-11-28(12-10-18)24(31)15-5-6-15)20-13-17-8-7-16(20)14-25(17)27-23(30)19-3-1-2-4-21(19)32-25/h1-4,15-18,20H,5-14H2,(H,26,29)(H,27,30)/t16-,17+,20-,25-/m1/s1. The summed E-state index contributed by atoms with van der Waals surface area (Å²) >= 11 is 0. The molecule has 1 saturated heterocycles. The van der Waals surface area contributed by atoms with Crippen molar-refractivity contribution in [2.24, 2.45) is 23.7 Å². The Hall–Kier alpha value is -2.57. The summed E-state index contributed by atoms with van der Waals surface area (Å²) in [6, 6.07) is 7.55. The van der Waals surface area contributed by atoms with Crippen molar-refractivity contribution in [2.45, 2.75) is 63.1 Å². The van der Waals surface area contributed by atoms with E-state index in [-0.39, 0.29) is 41.5 Å². The van der Waals surface area contributed by atoms with Gasteiger partial charge in [-0.1, -0.05) is 12.1 Å². The average Bonchev–Trinajstić information content (AvgIpc) is 3.65. The topological polar surface area (TPSA) is 87.7 Å². The zero-order valence-corrected chi connectivity index (χ0v) is 18.3. The third kappa shape index (κ3) is 3.37. The summed E-state index contributed by atoms with van der Waals surface area (Å²) in [7, 11) is 0. The number of piperidine rings is 1. The van der Waals surface area contributed by atoms with Crippen LogP contribution in [0.5, 0.6) is 5.75 Å². The van der Waals surface area contributed by atoms with Gasteiger partial charge in [-0.25, -0.2) is 0 Å². The van der Waals surface area contributed by atoms with E-state index in [1.165, 1.54) is 0 Å². The van der Waals surface area contributed by atoms with Gasteiger partial charge in [-0.05, 0) is 63.0 Å². The molecule has 2 heterocycles. The van der Waals surface area contributed by atoms with Gasteiger partial charge in [0.1, 0.15) is 5.75 Å². The summed E-state index contributed by atoms with van der Waals surface area (Å²) in [4.78, 5) is 40.2. The number of fused-ring (bicyclic) bond motifs is 3. The van der Waals surface area contributed by atoms with Crippen LogP contribution < -0.4 is 15.4 Å². The van der Waals surface area contributed by atoms with E-state index >= 15 is 0 Å². The summed E-state index contributed by atoms with van der Waals surface area (Å²) in [5.74, 6) is 1.61. The highest BCUT2D eigenvalue weighted by molar-refractivity contribution is 5.98. The number of hydrogen-bond acceptors (Lipinski definition) is 4. The zero-order chi connectivity index (χ0) is 21.9. The number of nitrogens with zero attached hydrogens (tertiary/aromatic N) is 1. The summed E-state index contributed by atoms with van der Waals surface area (Å²) in [5.41, 5.74) is -0.0972. The first kappa shape index (κ1) is 20.1. The molecule has 0 radical (unpaired) electrons. The molecular weight excluding hydrogens is 406 g/mol. The van der Waals surface area contributed by atoms with Crippen molar-refractivity contribution < 1.29 is 19.1 Å². The Balaban J connectivity index is 1.08. The van der Waals surface area contributed by atoms with Crippen molar-refractivity contribution in [2.75, 3.05) is 13.1 Å². The van der Waals surface area contributed by atoms with Gasteiger partial charge in [-0.3, -0.25) is 14.4 Å². The molecule has 5 fully saturated rings. The van der Waals surface area contributed by atoms with E-state index in [0.717, 1.165) is 58.0 Å². The number of benzene rings is 1. The Labute approximate surface area is 188 Å². The fourth-order valence-corrected chi connectivity index (χ4v) is 6.42. The quantitative estimate of drug-likeness (QED) is 0.761. The summed E-state index contributed by atoms with van der Waals surface area (Å²) in [5, 5.41) is 6.45. The van der Waals surface area contributed by atoms with E-state index in [0.29, 0.717) is 23.6 Å². The number of rotatable bonds is 3. The molecule has 4 atom stereocenters. The first-order valence-electron chi connectivity index (χ1n) is 12.2. The Kier molecular flexibility index (Phi) is 4.70. The van der Waals surface area contributed by atoms with Crippen molar-refractivity contribution in [1.82, 2.24) is 15.5 Å². The molecule has 2 aliphatic heterocycles. The van der Waals surface area contributed by atoms with Gasteiger partial charge in [0.05, 0.1) is 5.56 Å². The second kappa shape index (κ2) is 7.49. The van der Waals surface area contributed by atoms with Crippen LogP contribution in [0.25, 0.3) is 0 Å². The largest absolute Gasteiger partial charge is 0.467 e. The zero-order valence-electron chi connectivity index (χ0n) is 18.3. The molecule has 3 amide bonds. The van der Waals surface area contributed by atoms with Crippen LogP contribution in [0.1, 0.15) is 61.7 Å². The number of nitrogens with one attached hydrogen (secondary N) is 2. The number of likely N-dealkylation sites (tertiary alicyclic amines) is 1. The normalized spacial score (nSPS) is 33.9. The number of carbonyl (C=O) groups is 3. The minimum absolute atomic E-state index is 0.0248. The van der Waals surface area contributed by atoms with Gasteiger partial charge in [-0.15, -0.1) is 0 Å². The van der Waals surface area contributed by atoms with E-state index in [1.54, 1.807) is 6.07 Å². The maximum Gasteiger partial charge on any atom is 0.258 e. The van der Waals surface area contributed by atoms with Gasteiger partial charge in [-0.2, -0.15) is 0 Å². The third-order valence-electron chi connectivity index (χ3n) is 8.38.